The molecule has 1 fully saturated rings. The number of rotatable bonds is 1. The second-order valence-electron chi connectivity index (χ2n) is 3.40. The van der Waals surface area contributed by atoms with Crippen molar-refractivity contribution in [3.05, 3.63) is 23.8 Å². The number of nitrogens with two attached hydrogens (primary N) is 1. The normalized spacial score (nSPS) is 22.1. The number of phenols is 1. The molecule has 2 rings (SSSR count). The molecule has 4 heteroatoms. The summed E-state index contributed by atoms with van der Waals surface area (Å²) in [7, 11) is 0. The summed E-state index contributed by atoms with van der Waals surface area (Å²) in [5.74, 6) is 0.266. The molecular formula is C10H14N2O2. The van der Waals surface area contributed by atoms with Crippen molar-refractivity contribution in [3.63, 3.8) is 0 Å². The van der Waals surface area contributed by atoms with Gasteiger partial charge in [-0.15, -0.1) is 0 Å². The zero-order valence-electron chi connectivity index (χ0n) is 7.86. The van der Waals surface area contributed by atoms with E-state index in [1.54, 1.807) is 18.2 Å². The summed E-state index contributed by atoms with van der Waals surface area (Å²) in [6.45, 7) is 2.11. The number of anilines is 1. The summed E-state index contributed by atoms with van der Waals surface area (Å²) in [6.07, 6.45) is 0. The Labute approximate surface area is 82.7 Å². The van der Waals surface area contributed by atoms with Gasteiger partial charge in [0.25, 0.3) is 0 Å². The second kappa shape index (κ2) is 3.86. The molecule has 4 N–H and O–H groups in total. The number of nitrogens with one attached hydrogen (secondary N) is 1. The van der Waals surface area contributed by atoms with E-state index in [2.05, 4.69) is 5.32 Å². The molecule has 0 aromatic heterocycles. The molecule has 4 nitrogen and oxygen atoms in total. The molecule has 76 valence electrons. The Morgan fingerprint density at radius 2 is 2.36 bits per heavy atom. The van der Waals surface area contributed by atoms with Gasteiger partial charge in [0.2, 0.25) is 0 Å². The average molecular weight is 194 g/mol. The number of aromatic hydroxyl groups is 1. The molecule has 1 aliphatic heterocycles. The van der Waals surface area contributed by atoms with Gasteiger partial charge in [-0.25, -0.2) is 0 Å². The lowest BCUT2D eigenvalue weighted by Gasteiger charge is -2.24. The molecule has 0 radical (unpaired) electrons. The van der Waals surface area contributed by atoms with E-state index in [4.69, 9.17) is 10.5 Å². The molecule has 0 saturated carbocycles. The van der Waals surface area contributed by atoms with E-state index in [0.29, 0.717) is 12.3 Å². The van der Waals surface area contributed by atoms with Crippen LogP contribution in [0, 0.1) is 0 Å². The molecule has 0 aliphatic carbocycles. The average Bonchev–Trinajstić information content (AvgIpc) is 2.23. The van der Waals surface area contributed by atoms with Crippen LogP contribution >= 0.6 is 0 Å². The third-order valence-corrected chi connectivity index (χ3v) is 2.35. The second-order valence-corrected chi connectivity index (χ2v) is 3.40. The van der Waals surface area contributed by atoms with Gasteiger partial charge in [0, 0.05) is 17.8 Å². The van der Waals surface area contributed by atoms with Crippen LogP contribution < -0.4 is 11.1 Å². The van der Waals surface area contributed by atoms with Crippen molar-refractivity contribution < 1.29 is 9.84 Å². The Morgan fingerprint density at radius 3 is 3.07 bits per heavy atom. The van der Waals surface area contributed by atoms with Crippen molar-refractivity contribution in [1.29, 1.82) is 0 Å². The molecule has 1 aliphatic rings. The Hall–Kier alpha value is -1.26. The maximum absolute atomic E-state index is 9.64. The summed E-state index contributed by atoms with van der Waals surface area (Å²) >= 11 is 0. The maximum Gasteiger partial charge on any atom is 0.120 e. The van der Waals surface area contributed by atoms with Crippen LogP contribution in [-0.4, -0.2) is 24.9 Å². The molecule has 1 aromatic rings. The molecule has 14 heavy (non-hydrogen) atoms. The van der Waals surface area contributed by atoms with E-state index in [1.165, 1.54) is 0 Å². The Kier molecular flexibility index (Phi) is 2.56. The van der Waals surface area contributed by atoms with Crippen molar-refractivity contribution in [2.45, 2.75) is 6.04 Å². The third-order valence-electron chi connectivity index (χ3n) is 2.35. The Balaban J connectivity index is 2.24. The van der Waals surface area contributed by atoms with Gasteiger partial charge in [-0.3, -0.25) is 0 Å². The zero-order valence-corrected chi connectivity index (χ0v) is 7.86. The summed E-state index contributed by atoms with van der Waals surface area (Å²) in [5, 5.41) is 12.9. The van der Waals surface area contributed by atoms with E-state index in [0.717, 1.165) is 18.7 Å². The van der Waals surface area contributed by atoms with Crippen LogP contribution in [-0.2, 0) is 4.74 Å². The van der Waals surface area contributed by atoms with Gasteiger partial charge in [0.1, 0.15) is 5.75 Å². The van der Waals surface area contributed by atoms with E-state index in [1.807, 2.05) is 0 Å². The quantitative estimate of drug-likeness (QED) is 0.453. The number of nitrogen functional groups attached to an aromatic ring is 1. The predicted molar refractivity (Wildman–Crippen MR) is 54.1 cm³/mol. The monoisotopic (exact) mass is 194 g/mol. The minimum Gasteiger partial charge on any atom is -0.508 e. The summed E-state index contributed by atoms with van der Waals surface area (Å²) < 4.78 is 5.32. The topological polar surface area (TPSA) is 67.5 Å². The number of hydrogen-bond donors (Lipinski definition) is 3. The summed E-state index contributed by atoms with van der Waals surface area (Å²) in [6, 6.07) is 5.12. The minimum atomic E-state index is 0.0484. The van der Waals surface area contributed by atoms with Gasteiger partial charge < -0.3 is 20.9 Å². The third kappa shape index (κ3) is 1.81. The van der Waals surface area contributed by atoms with Crippen molar-refractivity contribution in [3.8, 4) is 5.75 Å². The fraction of sp³-hybridized carbons (Fsp3) is 0.400. The van der Waals surface area contributed by atoms with Gasteiger partial charge >= 0.3 is 0 Å². The van der Waals surface area contributed by atoms with Crippen LogP contribution in [0.15, 0.2) is 18.2 Å². The van der Waals surface area contributed by atoms with E-state index in [9.17, 15) is 5.11 Å². The first-order valence-electron chi connectivity index (χ1n) is 4.67. The highest BCUT2D eigenvalue weighted by Crippen LogP contribution is 2.27. The number of hydrogen-bond acceptors (Lipinski definition) is 4. The fourth-order valence-corrected chi connectivity index (χ4v) is 1.62. The molecule has 0 bridgehead atoms. The van der Waals surface area contributed by atoms with Crippen LogP contribution in [0.2, 0.25) is 0 Å². The lowest BCUT2D eigenvalue weighted by Crippen LogP contribution is -2.34. The van der Waals surface area contributed by atoms with Gasteiger partial charge in [0.15, 0.2) is 0 Å². The number of benzene rings is 1. The van der Waals surface area contributed by atoms with Gasteiger partial charge in [-0.05, 0) is 18.2 Å². The van der Waals surface area contributed by atoms with Crippen LogP contribution in [0.5, 0.6) is 5.75 Å². The Morgan fingerprint density at radius 1 is 1.50 bits per heavy atom. The van der Waals surface area contributed by atoms with Gasteiger partial charge in [-0.2, -0.15) is 0 Å². The molecular weight excluding hydrogens is 180 g/mol. The minimum absolute atomic E-state index is 0.0484. The van der Waals surface area contributed by atoms with E-state index in [-0.39, 0.29) is 11.8 Å². The van der Waals surface area contributed by atoms with Crippen molar-refractivity contribution >= 4 is 5.69 Å². The summed E-state index contributed by atoms with van der Waals surface area (Å²) in [5.41, 5.74) is 7.12. The molecule has 0 amide bonds. The molecule has 1 atom stereocenters. The standard InChI is InChI=1S/C10H14N2O2/c11-7-1-2-10(13)8(5-7)9-6-14-4-3-12-9/h1-2,5,9,12-13H,3-4,6,11H2. The maximum atomic E-state index is 9.64. The lowest BCUT2D eigenvalue weighted by atomic mass is 10.0. The molecule has 1 aromatic carbocycles. The van der Waals surface area contributed by atoms with Crippen LogP contribution in [0.3, 0.4) is 0 Å². The highest BCUT2D eigenvalue weighted by atomic mass is 16.5. The number of morpholine rings is 1. The van der Waals surface area contributed by atoms with Gasteiger partial charge in [-0.1, -0.05) is 0 Å². The summed E-state index contributed by atoms with van der Waals surface area (Å²) in [4.78, 5) is 0. The number of ether oxygens (including phenoxy) is 1. The van der Waals surface area contributed by atoms with Crippen LogP contribution in [0.25, 0.3) is 0 Å². The Bertz CT molecular complexity index is 322. The molecule has 0 spiro atoms. The van der Waals surface area contributed by atoms with Crippen molar-refractivity contribution in [2.24, 2.45) is 0 Å². The van der Waals surface area contributed by atoms with E-state index < -0.39 is 0 Å². The van der Waals surface area contributed by atoms with Crippen molar-refractivity contribution in [2.75, 3.05) is 25.5 Å². The highest BCUT2D eigenvalue weighted by molar-refractivity contribution is 5.48. The molecule has 1 unspecified atom stereocenters. The SMILES string of the molecule is Nc1ccc(O)c(C2COCCN2)c1. The molecule has 1 heterocycles. The highest BCUT2D eigenvalue weighted by Gasteiger charge is 2.18. The largest absolute Gasteiger partial charge is 0.508 e. The first kappa shape index (κ1) is 9.30. The van der Waals surface area contributed by atoms with Gasteiger partial charge in [0.05, 0.1) is 19.3 Å². The zero-order chi connectivity index (χ0) is 9.97. The first-order valence-corrected chi connectivity index (χ1v) is 4.67. The predicted octanol–water partition coefficient (Wildman–Crippen LogP) is 0.635. The fourth-order valence-electron chi connectivity index (χ4n) is 1.62. The van der Waals surface area contributed by atoms with Crippen LogP contribution in [0.1, 0.15) is 11.6 Å². The first-order chi connectivity index (χ1) is 6.77. The number of phenolic OH excluding ortho intramolecular Hbond substituents is 1. The van der Waals surface area contributed by atoms with Crippen molar-refractivity contribution in [1.82, 2.24) is 5.32 Å². The van der Waals surface area contributed by atoms with Crippen LogP contribution in [0.4, 0.5) is 5.69 Å². The van der Waals surface area contributed by atoms with E-state index >= 15 is 0 Å². The lowest BCUT2D eigenvalue weighted by molar-refractivity contribution is 0.0761. The smallest absolute Gasteiger partial charge is 0.120 e. The molecule has 1 saturated heterocycles.